The molecule has 0 bridgehead atoms. The lowest BCUT2D eigenvalue weighted by molar-refractivity contribution is -0.274. The van der Waals surface area contributed by atoms with Gasteiger partial charge in [-0.3, -0.25) is 9.78 Å². The molecule has 5 rings (SSSR count). The van der Waals surface area contributed by atoms with E-state index in [9.17, 15) is 18.0 Å². The zero-order valence-corrected chi connectivity index (χ0v) is 19.8. The van der Waals surface area contributed by atoms with Crippen LogP contribution in [0, 0.1) is 5.92 Å². The summed E-state index contributed by atoms with van der Waals surface area (Å²) in [7, 11) is 0. The monoisotopic (exact) mass is 508 g/mol. The van der Waals surface area contributed by atoms with Crippen molar-refractivity contribution in [1.29, 1.82) is 0 Å². The Balaban J connectivity index is 1.16. The molecule has 4 aromatic rings. The number of carbonyl (C=O) groups is 1. The Bertz CT molecular complexity index is 1360. The molecule has 1 aliphatic rings. The molecule has 2 aromatic carbocycles. The van der Waals surface area contributed by atoms with Crippen LogP contribution in [0.1, 0.15) is 43.0 Å². The summed E-state index contributed by atoms with van der Waals surface area (Å²) < 4.78 is 48.0. The van der Waals surface area contributed by atoms with Crippen LogP contribution in [0.2, 0.25) is 0 Å². The predicted octanol–water partition coefficient (Wildman–Crippen LogP) is 6.03. The standard InChI is InChI=1S/C27H23F3N4O3/c1-17(24-4-2-3-13-31-24)36-25(35)15-20-14-23(20)18-5-7-19(8-6-18)26-32-16-34(33-26)21-9-11-22(12-10-21)37-27(28,29)30/h2-13,16-17,20,23H,14-15H2,1H3. The Kier molecular flexibility index (Phi) is 6.64. The van der Waals surface area contributed by atoms with E-state index in [0.717, 1.165) is 23.2 Å². The molecule has 0 N–H and O–H groups in total. The zero-order chi connectivity index (χ0) is 26.0. The lowest BCUT2D eigenvalue weighted by Gasteiger charge is -2.12. The van der Waals surface area contributed by atoms with Gasteiger partial charge in [-0.2, -0.15) is 0 Å². The van der Waals surface area contributed by atoms with Crippen molar-refractivity contribution in [1.82, 2.24) is 19.7 Å². The van der Waals surface area contributed by atoms with Crippen molar-refractivity contribution < 1.29 is 27.4 Å². The quantitative estimate of drug-likeness (QED) is 0.271. The fourth-order valence-electron chi connectivity index (χ4n) is 4.22. The number of carbonyl (C=O) groups excluding carboxylic acids is 1. The van der Waals surface area contributed by atoms with Crippen LogP contribution in [-0.4, -0.2) is 32.1 Å². The maximum atomic E-state index is 12.4. The van der Waals surface area contributed by atoms with Crippen LogP contribution in [0.25, 0.3) is 17.1 Å². The van der Waals surface area contributed by atoms with Gasteiger partial charge in [-0.25, -0.2) is 9.67 Å². The highest BCUT2D eigenvalue weighted by Crippen LogP contribution is 2.50. The van der Waals surface area contributed by atoms with Gasteiger partial charge in [0.2, 0.25) is 0 Å². The first-order valence-electron chi connectivity index (χ1n) is 11.7. The normalized spacial score (nSPS) is 17.7. The smallest absolute Gasteiger partial charge is 0.456 e. The summed E-state index contributed by atoms with van der Waals surface area (Å²) in [5.41, 5.74) is 3.22. The minimum Gasteiger partial charge on any atom is -0.456 e. The van der Waals surface area contributed by atoms with Crippen LogP contribution >= 0.6 is 0 Å². The summed E-state index contributed by atoms with van der Waals surface area (Å²) in [6.45, 7) is 1.82. The number of alkyl halides is 3. The van der Waals surface area contributed by atoms with Crippen LogP contribution in [0.15, 0.2) is 79.3 Å². The average molecular weight is 509 g/mol. The van der Waals surface area contributed by atoms with E-state index in [0.29, 0.717) is 23.9 Å². The third-order valence-corrected chi connectivity index (χ3v) is 6.19. The first-order valence-corrected chi connectivity index (χ1v) is 11.7. The molecule has 0 aliphatic heterocycles. The van der Waals surface area contributed by atoms with Crippen LogP contribution < -0.4 is 4.74 Å². The molecular weight excluding hydrogens is 485 g/mol. The van der Waals surface area contributed by atoms with Gasteiger partial charge in [0, 0.05) is 18.2 Å². The summed E-state index contributed by atoms with van der Waals surface area (Å²) >= 11 is 0. The molecule has 1 fully saturated rings. The lowest BCUT2D eigenvalue weighted by Crippen LogP contribution is -2.17. The number of halogens is 3. The molecule has 0 saturated heterocycles. The molecule has 10 heteroatoms. The van der Waals surface area contributed by atoms with Gasteiger partial charge in [0.25, 0.3) is 0 Å². The van der Waals surface area contributed by atoms with Crippen molar-refractivity contribution in [3.63, 3.8) is 0 Å². The number of benzene rings is 2. The zero-order valence-electron chi connectivity index (χ0n) is 19.8. The number of pyridine rings is 1. The summed E-state index contributed by atoms with van der Waals surface area (Å²) in [5.74, 6) is 0.503. The lowest BCUT2D eigenvalue weighted by atomic mass is 10.1. The van der Waals surface area contributed by atoms with E-state index >= 15 is 0 Å². The summed E-state index contributed by atoms with van der Waals surface area (Å²) in [6.07, 6.45) is -0.665. The van der Waals surface area contributed by atoms with Crippen molar-refractivity contribution in [3.8, 4) is 22.8 Å². The molecular formula is C27H23F3N4O3. The second-order valence-corrected chi connectivity index (χ2v) is 8.87. The largest absolute Gasteiger partial charge is 0.573 e. The van der Waals surface area contributed by atoms with Crippen LogP contribution in [0.3, 0.4) is 0 Å². The van der Waals surface area contributed by atoms with E-state index in [1.807, 2.05) is 49.4 Å². The highest BCUT2D eigenvalue weighted by molar-refractivity contribution is 5.70. The first-order chi connectivity index (χ1) is 17.7. The Morgan fingerprint density at radius 3 is 2.49 bits per heavy atom. The summed E-state index contributed by atoms with van der Waals surface area (Å²) in [6, 6.07) is 18.8. The Hall–Kier alpha value is -4.21. The van der Waals surface area contributed by atoms with Gasteiger partial charge in [0.05, 0.1) is 11.4 Å². The molecule has 0 amide bonds. The first kappa shape index (κ1) is 24.5. The van der Waals surface area contributed by atoms with Crippen molar-refractivity contribution in [2.45, 2.75) is 38.1 Å². The molecule has 0 radical (unpaired) electrons. The third kappa shape index (κ3) is 6.14. The van der Waals surface area contributed by atoms with E-state index < -0.39 is 6.36 Å². The van der Waals surface area contributed by atoms with Crippen LogP contribution in [-0.2, 0) is 9.53 Å². The number of aromatic nitrogens is 4. The van der Waals surface area contributed by atoms with Gasteiger partial charge in [-0.15, -0.1) is 18.3 Å². The number of rotatable bonds is 8. The van der Waals surface area contributed by atoms with Gasteiger partial charge in [-0.1, -0.05) is 30.3 Å². The molecule has 2 aromatic heterocycles. The number of nitrogens with zero attached hydrogens (tertiary/aromatic N) is 4. The van der Waals surface area contributed by atoms with Crippen molar-refractivity contribution in [3.05, 3.63) is 90.5 Å². The molecule has 1 saturated carbocycles. The fourth-order valence-corrected chi connectivity index (χ4v) is 4.22. The predicted molar refractivity (Wildman–Crippen MR) is 128 cm³/mol. The molecule has 37 heavy (non-hydrogen) atoms. The minimum absolute atomic E-state index is 0.227. The van der Waals surface area contributed by atoms with E-state index in [-0.39, 0.29) is 23.7 Å². The maximum Gasteiger partial charge on any atom is 0.573 e. The van der Waals surface area contributed by atoms with E-state index in [1.54, 1.807) is 6.20 Å². The van der Waals surface area contributed by atoms with Gasteiger partial charge in [-0.05, 0) is 67.1 Å². The van der Waals surface area contributed by atoms with Crippen LogP contribution in [0.5, 0.6) is 5.75 Å². The van der Waals surface area contributed by atoms with Gasteiger partial charge in [0.1, 0.15) is 18.2 Å². The number of esters is 1. The summed E-state index contributed by atoms with van der Waals surface area (Å²) in [4.78, 5) is 20.9. The minimum atomic E-state index is -4.74. The molecule has 7 nitrogen and oxygen atoms in total. The molecule has 0 spiro atoms. The molecule has 1 aliphatic carbocycles. The molecule has 190 valence electrons. The average Bonchev–Trinajstić information content (AvgIpc) is 3.45. The summed E-state index contributed by atoms with van der Waals surface area (Å²) in [5, 5.41) is 4.43. The molecule has 2 heterocycles. The Morgan fingerprint density at radius 1 is 1.05 bits per heavy atom. The Labute approximate surface area is 210 Å². The maximum absolute atomic E-state index is 12.4. The number of hydrogen-bond donors (Lipinski definition) is 0. The van der Waals surface area contributed by atoms with Gasteiger partial charge in [0.15, 0.2) is 5.82 Å². The molecule has 3 unspecified atom stereocenters. The molecule has 3 atom stereocenters. The number of ether oxygens (including phenoxy) is 2. The van der Waals surface area contributed by atoms with Gasteiger partial charge >= 0.3 is 12.3 Å². The third-order valence-electron chi connectivity index (χ3n) is 6.19. The number of hydrogen-bond acceptors (Lipinski definition) is 6. The highest BCUT2D eigenvalue weighted by atomic mass is 19.4. The van der Waals surface area contributed by atoms with Crippen molar-refractivity contribution >= 4 is 5.97 Å². The van der Waals surface area contributed by atoms with E-state index in [2.05, 4.69) is 19.8 Å². The highest BCUT2D eigenvalue weighted by Gasteiger charge is 2.40. The van der Waals surface area contributed by atoms with E-state index in [1.165, 1.54) is 35.3 Å². The topological polar surface area (TPSA) is 79.1 Å². The fraction of sp³-hybridized carbons (Fsp3) is 0.259. The van der Waals surface area contributed by atoms with Crippen molar-refractivity contribution in [2.24, 2.45) is 5.92 Å². The Morgan fingerprint density at radius 2 is 1.81 bits per heavy atom. The van der Waals surface area contributed by atoms with Crippen molar-refractivity contribution in [2.75, 3.05) is 0 Å². The van der Waals surface area contributed by atoms with E-state index in [4.69, 9.17) is 4.74 Å². The SMILES string of the molecule is CC(OC(=O)CC1CC1c1ccc(-c2ncn(-c3ccc(OC(F)(F)F)cc3)n2)cc1)c1ccccn1. The van der Waals surface area contributed by atoms with Crippen LogP contribution in [0.4, 0.5) is 13.2 Å². The van der Waals surface area contributed by atoms with Gasteiger partial charge < -0.3 is 9.47 Å². The second-order valence-electron chi connectivity index (χ2n) is 8.87. The second kappa shape index (κ2) is 10.0.